The first-order valence-corrected chi connectivity index (χ1v) is 6.16. The van der Waals surface area contributed by atoms with Crippen molar-refractivity contribution in [3.8, 4) is 5.75 Å². The first-order chi connectivity index (χ1) is 8.92. The highest BCUT2D eigenvalue weighted by molar-refractivity contribution is 7.59. The SMILES string of the molecule is S.c1ccc2c(c1)[nH]c1cccc(OC[C@@H]3CO3)c12. The molecule has 1 aromatic heterocycles. The van der Waals surface area contributed by atoms with E-state index < -0.39 is 0 Å². The van der Waals surface area contributed by atoms with Crippen LogP contribution in [0.3, 0.4) is 0 Å². The van der Waals surface area contributed by atoms with Crippen LogP contribution in [-0.2, 0) is 4.74 Å². The molecule has 1 atom stereocenters. The largest absolute Gasteiger partial charge is 0.490 e. The molecule has 0 amide bonds. The van der Waals surface area contributed by atoms with Crippen LogP contribution in [-0.4, -0.2) is 24.3 Å². The summed E-state index contributed by atoms with van der Waals surface area (Å²) in [6, 6.07) is 14.4. The number of nitrogens with one attached hydrogen (secondary N) is 1. The molecule has 3 aromatic rings. The Balaban J connectivity index is 0.00000110. The van der Waals surface area contributed by atoms with E-state index in [4.69, 9.17) is 9.47 Å². The van der Waals surface area contributed by atoms with Gasteiger partial charge in [-0.15, -0.1) is 0 Å². The van der Waals surface area contributed by atoms with Crippen molar-refractivity contribution in [2.75, 3.05) is 13.2 Å². The molecule has 1 fully saturated rings. The summed E-state index contributed by atoms with van der Waals surface area (Å²) >= 11 is 0. The van der Waals surface area contributed by atoms with Gasteiger partial charge in [-0.3, -0.25) is 0 Å². The molecule has 3 nitrogen and oxygen atoms in total. The van der Waals surface area contributed by atoms with Crippen molar-refractivity contribution in [3.63, 3.8) is 0 Å². The van der Waals surface area contributed by atoms with Crippen LogP contribution in [0, 0.1) is 0 Å². The molecule has 4 heteroatoms. The van der Waals surface area contributed by atoms with Crippen LogP contribution < -0.4 is 4.74 Å². The zero-order valence-corrected chi connectivity index (χ0v) is 11.3. The molecule has 1 aliphatic rings. The van der Waals surface area contributed by atoms with E-state index in [0.717, 1.165) is 28.8 Å². The molecule has 2 heterocycles. The smallest absolute Gasteiger partial charge is 0.129 e. The van der Waals surface area contributed by atoms with Crippen molar-refractivity contribution in [1.82, 2.24) is 4.98 Å². The average molecular weight is 273 g/mol. The summed E-state index contributed by atoms with van der Waals surface area (Å²) < 4.78 is 11.0. The quantitative estimate of drug-likeness (QED) is 0.744. The molecule has 1 aliphatic heterocycles. The number of hydrogen-bond acceptors (Lipinski definition) is 2. The third-order valence-corrected chi connectivity index (χ3v) is 3.32. The molecule has 1 saturated heterocycles. The lowest BCUT2D eigenvalue weighted by Crippen LogP contribution is -2.04. The lowest BCUT2D eigenvalue weighted by atomic mass is 10.1. The van der Waals surface area contributed by atoms with E-state index >= 15 is 0 Å². The molecule has 0 bridgehead atoms. The van der Waals surface area contributed by atoms with Gasteiger partial charge in [0.05, 0.1) is 12.1 Å². The van der Waals surface area contributed by atoms with Crippen molar-refractivity contribution >= 4 is 35.3 Å². The number of benzene rings is 2. The predicted octanol–water partition coefficient (Wildman–Crippen LogP) is 3.21. The van der Waals surface area contributed by atoms with E-state index in [1.54, 1.807) is 0 Å². The third kappa shape index (κ3) is 2.17. The van der Waals surface area contributed by atoms with E-state index in [-0.39, 0.29) is 19.6 Å². The number of para-hydroxylation sites is 1. The van der Waals surface area contributed by atoms with Gasteiger partial charge >= 0.3 is 0 Å². The van der Waals surface area contributed by atoms with Gasteiger partial charge in [0.1, 0.15) is 18.5 Å². The zero-order chi connectivity index (χ0) is 11.9. The Bertz CT molecular complexity index is 718. The van der Waals surface area contributed by atoms with Crippen molar-refractivity contribution in [2.45, 2.75) is 6.10 Å². The van der Waals surface area contributed by atoms with Gasteiger partial charge < -0.3 is 14.5 Å². The fourth-order valence-electron chi connectivity index (χ4n) is 2.34. The Morgan fingerprint density at radius 1 is 1.11 bits per heavy atom. The number of epoxide rings is 1. The van der Waals surface area contributed by atoms with Crippen LogP contribution in [0.1, 0.15) is 0 Å². The normalized spacial score (nSPS) is 17.4. The average Bonchev–Trinajstić information content (AvgIpc) is 3.15. The standard InChI is InChI=1S/C15H13NO2.H2S/c1-2-5-12-11(4-1)15-13(16-12)6-3-7-14(15)18-9-10-8-17-10;/h1-7,10,16H,8-9H2;1H2/t10-;/m0./s1. The topological polar surface area (TPSA) is 37.5 Å². The van der Waals surface area contributed by atoms with E-state index in [1.807, 2.05) is 18.2 Å². The van der Waals surface area contributed by atoms with E-state index in [1.165, 1.54) is 5.39 Å². The maximum absolute atomic E-state index is 5.86. The predicted molar refractivity (Wildman–Crippen MR) is 81.4 cm³/mol. The van der Waals surface area contributed by atoms with E-state index in [9.17, 15) is 0 Å². The third-order valence-electron chi connectivity index (χ3n) is 3.32. The van der Waals surface area contributed by atoms with Gasteiger partial charge in [0.25, 0.3) is 0 Å². The second-order valence-corrected chi connectivity index (χ2v) is 4.62. The first kappa shape index (κ1) is 12.4. The fraction of sp³-hybridized carbons (Fsp3) is 0.200. The van der Waals surface area contributed by atoms with Crippen LogP contribution in [0.5, 0.6) is 5.75 Å². The highest BCUT2D eigenvalue weighted by atomic mass is 32.1. The molecule has 0 unspecified atom stereocenters. The van der Waals surface area contributed by atoms with E-state index in [0.29, 0.717) is 6.61 Å². The Labute approximate surface area is 118 Å². The molecule has 19 heavy (non-hydrogen) atoms. The van der Waals surface area contributed by atoms with Gasteiger partial charge in [0, 0.05) is 16.3 Å². The molecule has 0 radical (unpaired) electrons. The minimum absolute atomic E-state index is 0. The molecule has 0 aliphatic carbocycles. The number of hydrogen-bond donors (Lipinski definition) is 1. The van der Waals surface area contributed by atoms with Crippen LogP contribution in [0.2, 0.25) is 0 Å². The van der Waals surface area contributed by atoms with Crippen LogP contribution in [0.25, 0.3) is 21.8 Å². The summed E-state index contributed by atoms with van der Waals surface area (Å²) in [6.07, 6.45) is 0.283. The Morgan fingerprint density at radius 3 is 2.74 bits per heavy atom. The van der Waals surface area contributed by atoms with Crippen molar-refractivity contribution in [1.29, 1.82) is 0 Å². The Kier molecular flexibility index (Phi) is 3.12. The molecular weight excluding hydrogens is 258 g/mol. The van der Waals surface area contributed by atoms with Gasteiger partial charge in [-0.25, -0.2) is 0 Å². The monoisotopic (exact) mass is 273 g/mol. The summed E-state index contributed by atoms with van der Waals surface area (Å²) in [4.78, 5) is 3.41. The van der Waals surface area contributed by atoms with Crippen LogP contribution in [0.15, 0.2) is 42.5 Å². The number of H-pyrrole nitrogens is 1. The minimum Gasteiger partial charge on any atom is -0.490 e. The number of fused-ring (bicyclic) bond motifs is 3. The minimum atomic E-state index is 0. The molecular formula is C15H15NO2S. The number of aromatic amines is 1. The van der Waals surface area contributed by atoms with Gasteiger partial charge in [0.15, 0.2) is 0 Å². The maximum Gasteiger partial charge on any atom is 0.129 e. The second-order valence-electron chi connectivity index (χ2n) is 4.62. The zero-order valence-electron chi connectivity index (χ0n) is 10.3. The van der Waals surface area contributed by atoms with Gasteiger partial charge in [-0.05, 0) is 18.2 Å². The van der Waals surface area contributed by atoms with Gasteiger partial charge in [0.2, 0.25) is 0 Å². The molecule has 98 valence electrons. The number of rotatable bonds is 3. The second kappa shape index (κ2) is 4.79. The van der Waals surface area contributed by atoms with Crippen LogP contribution >= 0.6 is 13.5 Å². The van der Waals surface area contributed by atoms with Gasteiger partial charge in [-0.2, -0.15) is 13.5 Å². The highest BCUT2D eigenvalue weighted by Crippen LogP contribution is 2.33. The summed E-state index contributed by atoms with van der Waals surface area (Å²) in [7, 11) is 0. The molecule has 1 N–H and O–H groups in total. The fourth-order valence-corrected chi connectivity index (χ4v) is 2.34. The molecule has 2 aromatic carbocycles. The van der Waals surface area contributed by atoms with Crippen molar-refractivity contribution < 1.29 is 9.47 Å². The maximum atomic E-state index is 5.86. The molecule has 0 spiro atoms. The Morgan fingerprint density at radius 2 is 1.89 bits per heavy atom. The summed E-state index contributed by atoms with van der Waals surface area (Å²) in [5.41, 5.74) is 2.26. The van der Waals surface area contributed by atoms with Crippen molar-refractivity contribution in [3.05, 3.63) is 42.5 Å². The number of ether oxygens (including phenoxy) is 2. The lowest BCUT2D eigenvalue weighted by molar-refractivity contribution is 0.265. The number of aromatic nitrogens is 1. The van der Waals surface area contributed by atoms with Crippen molar-refractivity contribution in [2.24, 2.45) is 0 Å². The van der Waals surface area contributed by atoms with Gasteiger partial charge in [-0.1, -0.05) is 24.3 Å². The van der Waals surface area contributed by atoms with Crippen LogP contribution in [0.4, 0.5) is 0 Å². The Hall–Kier alpha value is -1.65. The summed E-state index contributed by atoms with van der Waals surface area (Å²) in [5, 5.41) is 2.37. The summed E-state index contributed by atoms with van der Waals surface area (Å²) in [6.45, 7) is 1.46. The van der Waals surface area contributed by atoms with E-state index in [2.05, 4.69) is 29.2 Å². The highest BCUT2D eigenvalue weighted by Gasteiger charge is 2.23. The first-order valence-electron chi connectivity index (χ1n) is 6.16. The molecule has 0 saturated carbocycles. The molecule has 4 rings (SSSR count). The summed E-state index contributed by atoms with van der Waals surface area (Å²) in [5.74, 6) is 0.931. The lowest BCUT2D eigenvalue weighted by Gasteiger charge is -2.05.